The first-order valence-corrected chi connectivity index (χ1v) is 6.33. The van der Waals surface area contributed by atoms with Gasteiger partial charge >= 0.3 is 0 Å². The van der Waals surface area contributed by atoms with E-state index < -0.39 is 11.1 Å². The highest BCUT2D eigenvalue weighted by Crippen LogP contribution is 2.37. The van der Waals surface area contributed by atoms with Crippen molar-refractivity contribution in [1.29, 1.82) is 0 Å². The third-order valence-electron chi connectivity index (χ3n) is 3.17. The molecule has 0 saturated heterocycles. The van der Waals surface area contributed by atoms with Crippen LogP contribution in [-0.4, -0.2) is 17.2 Å². The predicted molar refractivity (Wildman–Crippen MR) is 67.6 cm³/mol. The second-order valence-corrected chi connectivity index (χ2v) is 6.63. The number of rotatable bonds is 3. The van der Waals surface area contributed by atoms with Gasteiger partial charge in [-0.3, -0.25) is 0 Å². The average molecular weight is 244 g/mol. The minimum absolute atomic E-state index is 0.0359. The van der Waals surface area contributed by atoms with Gasteiger partial charge in [-0.2, -0.15) is 0 Å². The van der Waals surface area contributed by atoms with Gasteiger partial charge < -0.3 is 5.73 Å². The molecule has 0 radical (unpaired) electrons. The van der Waals surface area contributed by atoms with Crippen molar-refractivity contribution >= 4 is 11.3 Å². The molecule has 0 bridgehead atoms. The minimum atomic E-state index is -1.39. The topological polar surface area (TPSA) is 38.9 Å². The fourth-order valence-electron chi connectivity index (χ4n) is 1.50. The molecule has 92 valence electrons. The van der Waals surface area contributed by atoms with E-state index >= 15 is 0 Å². The van der Waals surface area contributed by atoms with Crippen molar-refractivity contribution in [2.24, 2.45) is 11.1 Å². The maximum absolute atomic E-state index is 14.7. The van der Waals surface area contributed by atoms with Crippen molar-refractivity contribution in [3.63, 3.8) is 0 Å². The molecule has 1 rings (SSSR count). The fraction of sp³-hybridized carbons (Fsp3) is 0.750. The molecule has 0 aliphatic heterocycles. The third kappa shape index (κ3) is 2.61. The molecule has 2 nitrogen and oxygen atoms in total. The van der Waals surface area contributed by atoms with Crippen molar-refractivity contribution in [2.45, 2.75) is 46.7 Å². The molecule has 1 heterocycles. The highest BCUT2D eigenvalue weighted by atomic mass is 32.1. The number of aromatic nitrogens is 1. The number of nitrogens with zero attached hydrogens (tertiary/aromatic N) is 1. The van der Waals surface area contributed by atoms with E-state index in [0.717, 1.165) is 15.6 Å². The van der Waals surface area contributed by atoms with Gasteiger partial charge in [0, 0.05) is 17.8 Å². The number of thiazole rings is 1. The fourth-order valence-corrected chi connectivity index (χ4v) is 2.53. The Morgan fingerprint density at radius 2 is 1.88 bits per heavy atom. The quantitative estimate of drug-likeness (QED) is 0.887. The van der Waals surface area contributed by atoms with Gasteiger partial charge in [0.25, 0.3) is 0 Å². The summed E-state index contributed by atoms with van der Waals surface area (Å²) in [6.45, 7) is 9.65. The second kappa shape index (κ2) is 4.41. The van der Waals surface area contributed by atoms with Crippen LogP contribution >= 0.6 is 11.3 Å². The highest BCUT2D eigenvalue weighted by Gasteiger charge is 2.42. The minimum Gasteiger partial charge on any atom is -0.327 e. The molecule has 1 atom stereocenters. The van der Waals surface area contributed by atoms with Gasteiger partial charge in [-0.1, -0.05) is 20.8 Å². The van der Waals surface area contributed by atoms with Crippen LogP contribution in [0, 0.1) is 19.3 Å². The molecule has 0 amide bonds. The van der Waals surface area contributed by atoms with Crippen molar-refractivity contribution in [3.8, 4) is 0 Å². The molecular formula is C12H21FN2S. The lowest BCUT2D eigenvalue weighted by atomic mass is 9.76. The zero-order valence-corrected chi connectivity index (χ0v) is 11.5. The Hall–Kier alpha value is -0.480. The van der Waals surface area contributed by atoms with E-state index in [2.05, 4.69) is 4.98 Å². The smallest absolute Gasteiger partial charge is 0.134 e. The molecule has 1 unspecified atom stereocenters. The Morgan fingerprint density at radius 1 is 1.31 bits per heavy atom. The van der Waals surface area contributed by atoms with Gasteiger partial charge in [-0.15, -0.1) is 11.3 Å². The molecule has 1 aromatic rings. The summed E-state index contributed by atoms with van der Waals surface area (Å²) < 4.78 is 14.7. The monoisotopic (exact) mass is 244 g/mol. The van der Waals surface area contributed by atoms with Crippen molar-refractivity contribution in [1.82, 2.24) is 4.98 Å². The van der Waals surface area contributed by atoms with Gasteiger partial charge in [0.15, 0.2) is 0 Å². The molecular weight excluding hydrogens is 223 g/mol. The second-order valence-electron chi connectivity index (χ2n) is 5.35. The molecule has 16 heavy (non-hydrogen) atoms. The normalized spacial score (nSPS) is 16.2. The zero-order valence-electron chi connectivity index (χ0n) is 10.7. The third-order valence-corrected chi connectivity index (χ3v) is 4.24. The molecule has 4 heteroatoms. The Balaban J connectivity index is 2.94. The summed E-state index contributed by atoms with van der Waals surface area (Å²) in [6.07, 6.45) is 0.312. The van der Waals surface area contributed by atoms with Crippen LogP contribution in [0.3, 0.4) is 0 Å². The molecule has 1 aromatic heterocycles. The number of hydrogen-bond acceptors (Lipinski definition) is 3. The first kappa shape index (κ1) is 13.6. The summed E-state index contributed by atoms with van der Waals surface area (Å²) in [5, 5.41) is 0.845. The highest BCUT2D eigenvalue weighted by molar-refractivity contribution is 7.11. The van der Waals surface area contributed by atoms with Gasteiger partial charge in [0.05, 0.1) is 10.7 Å². The number of alkyl halides is 1. The summed E-state index contributed by atoms with van der Waals surface area (Å²) in [4.78, 5) is 5.54. The SMILES string of the molecule is Cc1nc(CC(F)(CN)C(C)(C)C)sc1C. The molecule has 0 spiro atoms. The Kier molecular flexibility index (Phi) is 3.75. The first-order valence-electron chi connectivity index (χ1n) is 5.51. The van der Waals surface area contributed by atoms with Gasteiger partial charge in [0.1, 0.15) is 5.67 Å². The summed E-state index contributed by atoms with van der Waals surface area (Å²) in [6, 6.07) is 0. The molecule has 0 aliphatic carbocycles. The van der Waals surface area contributed by atoms with E-state index in [0.29, 0.717) is 6.42 Å². The van der Waals surface area contributed by atoms with Crippen LogP contribution in [0.25, 0.3) is 0 Å². The van der Waals surface area contributed by atoms with Crippen LogP contribution in [-0.2, 0) is 6.42 Å². The van der Waals surface area contributed by atoms with E-state index in [-0.39, 0.29) is 6.54 Å². The molecule has 0 saturated carbocycles. The maximum atomic E-state index is 14.7. The zero-order chi connectivity index (χ0) is 12.6. The number of aryl methyl sites for hydroxylation is 2. The summed E-state index contributed by atoms with van der Waals surface area (Å²) in [5.41, 5.74) is 4.73. The van der Waals surface area contributed by atoms with E-state index in [1.165, 1.54) is 0 Å². The first-order chi connectivity index (χ1) is 7.19. The molecule has 2 N–H and O–H groups in total. The Bertz CT molecular complexity index is 348. The summed E-state index contributed by atoms with van der Waals surface area (Å²) in [5.74, 6) is 0. The molecule has 0 aliphatic rings. The maximum Gasteiger partial charge on any atom is 0.134 e. The largest absolute Gasteiger partial charge is 0.327 e. The van der Waals surface area contributed by atoms with Crippen LogP contribution < -0.4 is 5.73 Å². The van der Waals surface area contributed by atoms with Gasteiger partial charge in [-0.25, -0.2) is 9.37 Å². The van der Waals surface area contributed by atoms with Gasteiger partial charge in [0.2, 0.25) is 0 Å². The summed E-state index contributed by atoms with van der Waals surface area (Å²) in [7, 11) is 0. The van der Waals surface area contributed by atoms with Crippen LogP contribution in [0.1, 0.15) is 36.3 Å². The number of hydrogen-bond donors (Lipinski definition) is 1. The predicted octanol–water partition coefficient (Wildman–Crippen LogP) is 3.02. The van der Waals surface area contributed by atoms with Crippen LogP contribution in [0.15, 0.2) is 0 Å². The molecule has 0 fully saturated rings. The molecule has 0 aromatic carbocycles. The average Bonchev–Trinajstić information content (AvgIpc) is 2.43. The van der Waals surface area contributed by atoms with Crippen molar-refractivity contribution in [2.75, 3.05) is 6.54 Å². The van der Waals surface area contributed by atoms with Crippen LogP contribution in [0.5, 0.6) is 0 Å². The lowest BCUT2D eigenvalue weighted by Gasteiger charge is -2.36. The van der Waals surface area contributed by atoms with E-state index in [4.69, 9.17) is 5.73 Å². The van der Waals surface area contributed by atoms with E-state index in [1.54, 1.807) is 11.3 Å². The van der Waals surface area contributed by atoms with E-state index in [9.17, 15) is 4.39 Å². The van der Waals surface area contributed by atoms with Crippen molar-refractivity contribution < 1.29 is 4.39 Å². The lowest BCUT2D eigenvalue weighted by molar-refractivity contribution is 0.0382. The van der Waals surface area contributed by atoms with E-state index in [1.807, 2.05) is 34.6 Å². The number of halogens is 1. The summed E-state index contributed by atoms with van der Waals surface area (Å²) >= 11 is 1.57. The Morgan fingerprint density at radius 3 is 2.19 bits per heavy atom. The van der Waals surface area contributed by atoms with Gasteiger partial charge in [-0.05, 0) is 19.3 Å². The standard InChI is InChI=1S/C12H21FN2S/c1-8-9(2)16-10(15-8)6-12(13,7-14)11(3,4)5/h6-7,14H2,1-5H3. The van der Waals surface area contributed by atoms with Crippen LogP contribution in [0.2, 0.25) is 0 Å². The Labute approximate surface area is 101 Å². The number of nitrogens with two attached hydrogens (primary N) is 1. The van der Waals surface area contributed by atoms with Crippen molar-refractivity contribution in [3.05, 3.63) is 15.6 Å². The lowest BCUT2D eigenvalue weighted by Crippen LogP contribution is -2.47. The van der Waals surface area contributed by atoms with Crippen LogP contribution in [0.4, 0.5) is 4.39 Å².